The normalized spacial score (nSPS) is 17.9. The van der Waals surface area contributed by atoms with E-state index >= 15 is 0 Å². The molecule has 1 aromatic heterocycles. The Labute approximate surface area is 227 Å². The molecule has 11 heteroatoms. The van der Waals surface area contributed by atoms with Crippen molar-refractivity contribution in [3.05, 3.63) is 71.2 Å². The predicted molar refractivity (Wildman–Crippen MR) is 147 cm³/mol. The summed E-state index contributed by atoms with van der Waals surface area (Å²) < 4.78 is 51.8. The fourth-order valence-corrected chi connectivity index (χ4v) is 5.64. The number of carbonyl (C=O) groups excluding carboxylic acids is 1. The van der Waals surface area contributed by atoms with E-state index in [0.29, 0.717) is 34.1 Å². The summed E-state index contributed by atoms with van der Waals surface area (Å²) in [5.41, 5.74) is 2.34. The Morgan fingerprint density at radius 2 is 1.33 bits per heavy atom. The molecule has 39 heavy (non-hydrogen) atoms. The van der Waals surface area contributed by atoms with Gasteiger partial charge in [-0.05, 0) is 60.4 Å². The molecule has 0 radical (unpaired) electrons. The van der Waals surface area contributed by atoms with Crippen LogP contribution in [0.15, 0.2) is 65.1 Å². The molecular weight excluding hydrogens is 522 g/mol. The highest BCUT2D eigenvalue weighted by atomic mass is 32.2. The van der Waals surface area contributed by atoms with Crippen molar-refractivity contribution in [1.82, 2.24) is 14.3 Å². The maximum atomic E-state index is 13.6. The van der Waals surface area contributed by atoms with Gasteiger partial charge in [-0.2, -0.15) is 0 Å². The number of sulfonamides is 1. The topological polar surface area (TPSA) is 118 Å². The zero-order valence-electron chi connectivity index (χ0n) is 22.4. The number of methoxy groups -OCH3 is 4. The first-order valence-corrected chi connectivity index (χ1v) is 13.6. The van der Waals surface area contributed by atoms with Gasteiger partial charge in [0.15, 0.2) is 33.8 Å². The number of rotatable bonds is 9. The molecule has 1 fully saturated rings. The summed E-state index contributed by atoms with van der Waals surface area (Å²) in [5.74, 6) is 1.98. The van der Waals surface area contributed by atoms with Crippen LogP contribution < -0.4 is 23.7 Å². The molecule has 2 aromatic carbocycles. The molecule has 1 N–H and O–H groups in total. The summed E-state index contributed by atoms with van der Waals surface area (Å²) in [6, 6.07) is 10.1. The van der Waals surface area contributed by atoms with Crippen LogP contribution in [0, 0.1) is 0 Å². The molecule has 4 rings (SSSR count). The highest BCUT2D eigenvalue weighted by molar-refractivity contribution is 7.89. The van der Waals surface area contributed by atoms with Gasteiger partial charge in [0.1, 0.15) is 0 Å². The van der Waals surface area contributed by atoms with Crippen molar-refractivity contribution in [3.63, 3.8) is 0 Å². The average Bonchev–Trinajstić information content (AvgIpc) is 3.38. The molecule has 0 atom stereocenters. The van der Waals surface area contributed by atoms with Crippen LogP contribution in [-0.4, -0.2) is 58.2 Å². The quantitative estimate of drug-likeness (QED) is 0.399. The number of hydrogen-bond donors (Lipinski definition) is 1. The standard InChI is InChI=1S/C28H31N3O7S/c1-31-16-27(29-17-31)39(33,34)30-22-14-20(10-18-6-8-23(35-2)25(12-18)37-4)28(32)21(15-22)11-19-7-9-24(36-3)26(13-19)38-5/h6-13,16-17,22,30H,14-15H2,1-5H3/b20-10+,21-11+. The third-order valence-corrected chi connectivity index (χ3v) is 7.70. The molecular formula is C28H31N3O7S. The van der Waals surface area contributed by atoms with Crippen molar-refractivity contribution < 1.29 is 32.2 Å². The minimum atomic E-state index is -3.91. The van der Waals surface area contributed by atoms with E-state index in [0.717, 1.165) is 11.1 Å². The van der Waals surface area contributed by atoms with Crippen LogP contribution in [0.25, 0.3) is 12.2 Å². The summed E-state index contributed by atoms with van der Waals surface area (Å²) in [5, 5.41) is -0.0854. The van der Waals surface area contributed by atoms with Gasteiger partial charge in [0.2, 0.25) is 0 Å². The van der Waals surface area contributed by atoms with E-state index in [4.69, 9.17) is 18.9 Å². The largest absolute Gasteiger partial charge is 0.493 e. The predicted octanol–water partition coefficient (Wildman–Crippen LogP) is 3.63. The number of imidazole rings is 1. The Morgan fingerprint density at radius 3 is 1.74 bits per heavy atom. The lowest BCUT2D eigenvalue weighted by Crippen LogP contribution is -2.39. The van der Waals surface area contributed by atoms with Crippen molar-refractivity contribution in [2.75, 3.05) is 28.4 Å². The molecule has 1 heterocycles. The molecule has 0 bridgehead atoms. The number of ether oxygens (including phenoxy) is 4. The first kappa shape index (κ1) is 27.9. The summed E-state index contributed by atoms with van der Waals surface area (Å²) in [6.45, 7) is 0. The van der Waals surface area contributed by atoms with Crippen LogP contribution in [0.4, 0.5) is 0 Å². The number of ketones is 1. The van der Waals surface area contributed by atoms with Crippen LogP contribution in [0.3, 0.4) is 0 Å². The van der Waals surface area contributed by atoms with Gasteiger partial charge in [-0.1, -0.05) is 12.1 Å². The Balaban J connectivity index is 1.74. The SMILES string of the molecule is COc1ccc(/C=C2\CC(NS(=O)(=O)c3cn(C)cn3)C/C(=C\c3ccc(OC)c(OC)c3)C2=O)cc1OC. The van der Waals surface area contributed by atoms with Gasteiger partial charge in [-0.3, -0.25) is 4.79 Å². The minimum absolute atomic E-state index is 0.0854. The van der Waals surface area contributed by atoms with E-state index in [1.165, 1.54) is 26.7 Å². The van der Waals surface area contributed by atoms with Gasteiger partial charge in [0, 0.05) is 30.4 Å². The fraction of sp³-hybridized carbons (Fsp3) is 0.286. The maximum absolute atomic E-state index is 13.6. The number of Topliss-reactive ketones (excluding diaryl/α,β-unsaturated/α-hetero) is 1. The van der Waals surface area contributed by atoms with E-state index < -0.39 is 16.1 Å². The second-order valence-electron chi connectivity index (χ2n) is 9.00. The lowest BCUT2D eigenvalue weighted by atomic mass is 9.84. The van der Waals surface area contributed by atoms with E-state index in [1.807, 2.05) is 0 Å². The van der Waals surface area contributed by atoms with Gasteiger partial charge < -0.3 is 23.5 Å². The van der Waals surface area contributed by atoms with Crippen LogP contribution in [0.5, 0.6) is 23.0 Å². The molecule has 206 valence electrons. The lowest BCUT2D eigenvalue weighted by Gasteiger charge is -2.26. The number of benzene rings is 2. The molecule has 0 aliphatic heterocycles. The molecule has 0 saturated heterocycles. The zero-order valence-corrected chi connectivity index (χ0v) is 23.2. The van der Waals surface area contributed by atoms with E-state index in [-0.39, 0.29) is 23.7 Å². The van der Waals surface area contributed by atoms with Crippen LogP contribution in [0.2, 0.25) is 0 Å². The van der Waals surface area contributed by atoms with Gasteiger partial charge in [-0.25, -0.2) is 18.1 Å². The van der Waals surface area contributed by atoms with Gasteiger partial charge in [0.25, 0.3) is 10.0 Å². The van der Waals surface area contributed by atoms with Crippen molar-refractivity contribution in [2.24, 2.45) is 7.05 Å². The first-order chi connectivity index (χ1) is 18.7. The van der Waals surface area contributed by atoms with E-state index in [1.54, 1.807) is 74.4 Å². The first-order valence-electron chi connectivity index (χ1n) is 12.1. The van der Waals surface area contributed by atoms with Crippen LogP contribution in [0.1, 0.15) is 24.0 Å². The smallest absolute Gasteiger partial charge is 0.259 e. The Hall–Kier alpha value is -4.09. The Morgan fingerprint density at radius 1 is 0.846 bits per heavy atom. The number of carbonyl (C=O) groups is 1. The summed E-state index contributed by atoms with van der Waals surface area (Å²) >= 11 is 0. The fourth-order valence-electron chi connectivity index (χ4n) is 4.42. The number of nitrogens with one attached hydrogen (secondary N) is 1. The Kier molecular flexibility index (Phi) is 8.41. The number of aromatic nitrogens is 2. The van der Waals surface area contributed by atoms with E-state index in [2.05, 4.69) is 9.71 Å². The van der Waals surface area contributed by atoms with Crippen molar-refractivity contribution in [1.29, 1.82) is 0 Å². The highest BCUT2D eigenvalue weighted by Gasteiger charge is 2.32. The van der Waals surface area contributed by atoms with Gasteiger partial charge >= 0.3 is 0 Å². The number of aryl methyl sites for hydroxylation is 1. The van der Waals surface area contributed by atoms with E-state index in [9.17, 15) is 13.2 Å². The molecule has 3 aromatic rings. The lowest BCUT2D eigenvalue weighted by molar-refractivity contribution is -0.113. The number of hydrogen-bond acceptors (Lipinski definition) is 8. The van der Waals surface area contributed by atoms with Crippen LogP contribution in [-0.2, 0) is 21.9 Å². The molecule has 1 saturated carbocycles. The third-order valence-electron chi connectivity index (χ3n) is 6.29. The second-order valence-corrected chi connectivity index (χ2v) is 10.7. The summed E-state index contributed by atoms with van der Waals surface area (Å²) in [4.78, 5) is 17.6. The third kappa shape index (κ3) is 6.32. The molecule has 0 unspecified atom stereocenters. The maximum Gasteiger partial charge on any atom is 0.259 e. The van der Waals surface area contributed by atoms with Gasteiger partial charge in [0.05, 0.1) is 34.8 Å². The zero-order chi connectivity index (χ0) is 28.2. The molecule has 0 amide bonds. The van der Waals surface area contributed by atoms with Crippen molar-refractivity contribution in [3.8, 4) is 23.0 Å². The van der Waals surface area contributed by atoms with Crippen molar-refractivity contribution in [2.45, 2.75) is 23.9 Å². The number of nitrogens with zero attached hydrogens (tertiary/aromatic N) is 2. The molecule has 1 aliphatic rings. The molecule has 10 nitrogen and oxygen atoms in total. The summed E-state index contributed by atoms with van der Waals surface area (Å²) in [7, 11) is 3.95. The monoisotopic (exact) mass is 553 g/mol. The Bertz CT molecular complexity index is 1460. The van der Waals surface area contributed by atoms with Crippen molar-refractivity contribution >= 4 is 28.0 Å². The highest BCUT2D eigenvalue weighted by Crippen LogP contribution is 2.34. The minimum Gasteiger partial charge on any atom is -0.493 e. The average molecular weight is 554 g/mol. The molecule has 1 aliphatic carbocycles. The summed E-state index contributed by atoms with van der Waals surface area (Å²) in [6.07, 6.45) is 6.73. The van der Waals surface area contributed by atoms with Gasteiger partial charge in [-0.15, -0.1) is 0 Å². The molecule has 0 spiro atoms. The van der Waals surface area contributed by atoms with Crippen LogP contribution >= 0.6 is 0 Å². The second kappa shape index (κ2) is 11.7.